The summed E-state index contributed by atoms with van der Waals surface area (Å²) in [6, 6.07) is 43.4. The number of rotatable bonds is 3. The summed E-state index contributed by atoms with van der Waals surface area (Å²) in [5, 5.41) is 6.92. The molecule has 9 rings (SSSR count). The third-order valence-electron chi connectivity index (χ3n) is 9.25. The molecule has 4 heteroatoms. The lowest BCUT2D eigenvalue weighted by Gasteiger charge is -2.34. The number of aromatic nitrogens is 3. The molecule has 1 aliphatic rings. The fourth-order valence-electron chi connectivity index (χ4n) is 7.20. The van der Waals surface area contributed by atoms with Crippen LogP contribution < -0.4 is 4.90 Å². The summed E-state index contributed by atoms with van der Waals surface area (Å²) in [6.07, 6.45) is 3.79. The smallest absolute Gasteiger partial charge is 0.146 e. The van der Waals surface area contributed by atoms with Gasteiger partial charge < -0.3 is 4.57 Å². The SMILES string of the molecule is CC1(C)c2ccccc2-n2c3ccc(N(c4nccc5ccccc45)c4nccc5ccccc45)cc3c3cccc1c32. The van der Waals surface area contributed by atoms with Crippen molar-refractivity contribution < 1.29 is 0 Å². The fourth-order valence-corrected chi connectivity index (χ4v) is 7.20. The second-order valence-electron chi connectivity index (χ2n) is 11.9. The number of anilines is 3. The van der Waals surface area contributed by atoms with Gasteiger partial charge in [0, 0.05) is 45.0 Å². The summed E-state index contributed by atoms with van der Waals surface area (Å²) >= 11 is 0. The van der Waals surface area contributed by atoms with Crippen molar-refractivity contribution >= 4 is 60.7 Å². The molecule has 0 bridgehead atoms. The Morgan fingerprint density at radius 3 is 1.88 bits per heavy atom. The molecule has 0 radical (unpaired) electrons. The van der Waals surface area contributed by atoms with E-state index >= 15 is 0 Å². The molecule has 4 nitrogen and oxygen atoms in total. The zero-order valence-corrected chi connectivity index (χ0v) is 24.0. The molecule has 0 aliphatic carbocycles. The monoisotopic (exact) mass is 552 g/mol. The van der Waals surface area contributed by atoms with Gasteiger partial charge in [0.05, 0.1) is 16.7 Å². The minimum absolute atomic E-state index is 0.102. The maximum atomic E-state index is 4.98. The van der Waals surface area contributed by atoms with Crippen LogP contribution in [0.5, 0.6) is 0 Å². The molecule has 3 aromatic heterocycles. The third-order valence-corrected chi connectivity index (χ3v) is 9.25. The van der Waals surface area contributed by atoms with Crippen LogP contribution in [0.1, 0.15) is 25.0 Å². The summed E-state index contributed by atoms with van der Waals surface area (Å²) in [5.41, 5.74) is 7.36. The largest absolute Gasteiger partial charge is 0.309 e. The number of hydrogen-bond acceptors (Lipinski definition) is 3. The molecule has 1 aliphatic heterocycles. The Hall–Kier alpha value is -5.48. The minimum atomic E-state index is -0.102. The van der Waals surface area contributed by atoms with Crippen LogP contribution in [0, 0.1) is 0 Å². The average molecular weight is 553 g/mol. The summed E-state index contributed by atoms with van der Waals surface area (Å²) in [6.45, 7) is 4.68. The Balaban J connectivity index is 1.38. The molecule has 0 amide bonds. The Labute approximate surface area is 249 Å². The molecule has 0 fully saturated rings. The highest BCUT2D eigenvalue weighted by Crippen LogP contribution is 2.48. The lowest BCUT2D eigenvalue weighted by molar-refractivity contribution is 0.630. The standard InChI is InChI=1S/C39H28N4/c1-39(2)32-15-7-8-17-35(32)43-34-19-18-27(24-31(34)30-14-9-16-33(39)36(30)43)42(37-28-12-5-3-10-25(28)20-22-40-37)38-29-13-6-4-11-26(29)21-23-41-38/h3-24H,1-2H3. The molecule has 8 aromatic rings. The van der Waals surface area contributed by atoms with Crippen molar-refractivity contribution in [2.24, 2.45) is 0 Å². The number of para-hydroxylation sites is 2. The summed E-state index contributed by atoms with van der Waals surface area (Å²) in [4.78, 5) is 12.2. The van der Waals surface area contributed by atoms with Gasteiger partial charge in [-0.25, -0.2) is 9.97 Å². The molecular formula is C39H28N4. The average Bonchev–Trinajstić information content (AvgIpc) is 3.38. The number of nitrogens with zero attached hydrogens (tertiary/aromatic N) is 4. The van der Waals surface area contributed by atoms with E-state index in [0.717, 1.165) is 38.9 Å². The van der Waals surface area contributed by atoms with Crippen LogP contribution in [-0.2, 0) is 5.41 Å². The lowest BCUT2D eigenvalue weighted by Crippen LogP contribution is -2.26. The molecule has 0 saturated carbocycles. The molecule has 0 atom stereocenters. The normalized spacial score (nSPS) is 13.5. The third kappa shape index (κ3) is 3.32. The molecule has 0 unspecified atom stereocenters. The van der Waals surface area contributed by atoms with E-state index in [-0.39, 0.29) is 5.41 Å². The van der Waals surface area contributed by atoms with Crippen molar-refractivity contribution in [2.75, 3.05) is 4.90 Å². The van der Waals surface area contributed by atoms with Crippen LogP contribution in [0.25, 0.3) is 49.0 Å². The van der Waals surface area contributed by atoms with Gasteiger partial charge in [0.25, 0.3) is 0 Å². The van der Waals surface area contributed by atoms with E-state index in [1.807, 2.05) is 12.4 Å². The molecular weight excluding hydrogens is 524 g/mol. The number of fused-ring (bicyclic) bond motifs is 7. The Kier molecular flexibility index (Phi) is 4.92. The summed E-state index contributed by atoms with van der Waals surface area (Å²) in [7, 11) is 0. The van der Waals surface area contributed by atoms with E-state index in [1.165, 1.54) is 38.6 Å². The van der Waals surface area contributed by atoms with Gasteiger partial charge in [-0.05, 0) is 58.3 Å². The van der Waals surface area contributed by atoms with Gasteiger partial charge >= 0.3 is 0 Å². The van der Waals surface area contributed by atoms with Crippen molar-refractivity contribution in [3.8, 4) is 5.69 Å². The molecule has 0 N–H and O–H groups in total. The zero-order valence-electron chi connectivity index (χ0n) is 24.0. The van der Waals surface area contributed by atoms with Crippen LogP contribution in [-0.4, -0.2) is 14.5 Å². The van der Waals surface area contributed by atoms with Gasteiger partial charge in [0.2, 0.25) is 0 Å². The van der Waals surface area contributed by atoms with E-state index in [2.05, 4.69) is 145 Å². The van der Waals surface area contributed by atoms with Crippen molar-refractivity contribution in [1.29, 1.82) is 0 Å². The van der Waals surface area contributed by atoms with Gasteiger partial charge in [-0.2, -0.15) is 0 Å². The molecule has 0 spiro atoms. The van der Waals surface area contributed by atoms with Crippen LogP contribution in [0.15, 0.2) is 134 Å². The first-order valence-corrected chi connectivity index (χ1v) is 14.8. The Bertz CT molecular complexity index is 2310. The van der Waals surface area contributed by atoms with Crippen LogP contribution in [0.4, 0.5) is 17.3 Å². The Morgan fingerprint density at radius 1 is 0.558 bits per heavy atom. The predicted molar refractivity (Wildman–Crippen MR) is 178 cm³/mol. The summed E-state index contributed by atoms with van der Waals surface area (Å²) in [5.74, 6) is 1.73. The molecule has 0 saturated heterocycles. The predicted octanol–water partition coefficient (Wildman–Crippen LogP) is 9.99. The van der Waals surface area contributed by atoms with Crippen LogP contribution in [0.2, 0.25) is 0 Å². The Morgan fingerprint density at radius 2 is 1.16 bits per heavy atom. The highest BCUT2D eigenvalue weighted by Gasteiger charge is 2.35. The second-order valence-corrected chi connectivity index (χ2v) is 11.9. The highest BCUT2D eigenvalue weighted by molar-refractivity contribution is 6.13. The first kappa shape index (κ1) is 24.2. The first-order chi connectivity index (χ1) is 21.1. The van der Waals surface area contributed by atoms with Gasteiger partial charge in [-0.15, -0.1) is 0 Å². The van der Waals surface area contributed by atoms with Gasteiger partial charge in [-0.3, -0.25) is 4.90 Å². The number of pyridine rings is 2. The van der Waals surface area contributed by atoms with Crippen molar-refractivity contribution in [2.45, 2.75) is 19.3 Å². The van der Waals surface area contributed by atoms with E-state index in [4.69, 9.17) is 9.97 Å². The van der Waals surface area contributed by atoms with E-state index in [1.54, 1.807) is 0 Å². The van der Waals surface area contributed by atoms with E-state index in [9.17, 15) is 0 Å². The van der Waals surface area contributed by atoms with Crippen molar-refractivity contribution in [3.05, 3.63) is 145 Å². The highest BCUT2D eigenvalue weighted by atomic mass is 15.2. The first-order valence-electron chi connectivity index (χ1n) is 14.8. The topological polar surface area (TPSA) is 34.0 Å². The molecule has 204 valence electrons. The maximum absolute atomic E-state index is 4.98. The lowest BCUT2D eigenvalue weighted by atomic mass is 9.75. The second kappa shape index (κ2) is 8.76. The maximum Gasteiger partial charge on any atom is 0.146 e. The number of hydrogen-bond donors (Lipinski definition) is 0. The van der Waals surface area contributed by atoms with E-state index < -0.39 is 0 Å². The van der Waals surface area contributed by atoms with Gasteiger partial charge in [0.1, 0.15) is 11.6 Å². The zero-order chi connectivity index (χ0) is 28.7. The molecule has 4 heterocycles. The summed E-state index contributed by atoms with van der Waals surface area (Å²) < 4.78 is 2.46. The molecule has 5 aromatic carbocycles. The quantitative estimate of drug-likeness (QED) is 0.219. The van der Waals surface area contributed by atoms with Crippen molar-refractivity contribution in [1.82, 2.24) is 14.5 Å². The fraction of sp³-hybridized carbons (Fsp3) is 0.0769. The molecule has 43 heavy (non-hydrogen) atoms. The van der Waals surface area contributed by atoms with Gasteiger partial charge in [-0.1, -0.05) is 98.8 Å². The van der Waals surface area contributed by atoms with Crippen LogP contribution in [0.3, 0.4) is 0 Å². The number of benzene rings is 5. The van der Waals surface area contributed by atoms with Gasteiger partial charge in [0.15, 0.2) is 0 Å². The minimum Gasteiger partial charge on any atom is -0.309 e. The van der Waals surface area contributed by atoms with E-state index in [0.29, 0.717) is 0 Å². The van der Waals surface area contributed by atoms with Crippen molar-refractivity contribution in [3.63, 3.8) is 0 Å². The van der Waals surface area contributed by atoms with Crippen LogP contribution >= 0.6 is 0 Å².